The smallest absolute Gasteiger partial charge is 0.347 e. The van der Waals surface area contributed by atoms with Crippen molar-refractivity contribution in [3.8, 4) is 5.75 Å². The van der Waals surface area contributed by atoms with Gasteiger partial charge >= 0.3 is 5.97 Å². The molecule has 1 N–H and O–H groups in total. The van der Waals surface area contributed by atoms with Crippen molar-refractivity contribution in [1.29, 1.82) is 0 Å². The van der Waals surface area contributed by atoms with E-state index in [1.807, 2.05) is 6.92 Å². The van der Waals surface area contributed by atoms with E-state index in [0.29, 0.717) is 21.5 Å². The number of carbonyl (C=O) groups excluding carboxylic acids is 2. The number of carbonyl (C=O) groups is 2. The van der Waals surface area contributed by atoms with Crippen LogP contribution in [-0.4, -0.2) is 24.1 Å². The molecule has 0 radical (unpaired) electrons. The van der Waals surface area contributed by atoms with Gasteiger partial charge in [0, 0.05) is 15.7 Å². The molecule has 0 saturated carbocycles. The number of rotatable bonds is 6. The van der Waals surface area contributed by atoms with Crippen LogP contribution in [0.1, 0.15) is 19.4 Å². The number of hydrogen-bond donors (Lipinski definition) is 1. The third-order valence-corrected chi connectivity index (χ3v) is 4.22. The molecule has 2 aromatic carbocycles. The maximum absolute atomic E-state index is 12.2. The molecule has 0 aromatic heterocycles. The third-order valence-electron chi connectivity index (χ3n) is 3.56. The van der Waals surface area contributed by atoms with Crippen molar-refractivity contribution in [3.05, 3.63) is 58.1 Å². The van der Waals surface area contributed by atoms with Gasteiger partial charge in [-0.25, -0.2) is 4.79 Å². The van der Waals surface area contributed by atoms with Gasteiger partial charge in [-0.05, 0) is 62.7 Å². The molecule has 0 aliphatic rings. The molecule has 0 aliphatic carbocycles. The zero-order valence-electron chi connectivity index (χ0n) is 14.6. The highest BCUT2D eigenvalue weighted by Gasteiger charge is 2.23. The summed E-state index contributed by atoms with van der Waals surface area (Å²) in [5, 5.41) is 3.76. The lowest BCUT2D eigenvalue weighted by Crippen LogP contribution is -2.35. The van der Waals surface area contributed by atoms with Gasteiger partial charge in [0.1, 0.15) is 5.75 Å². The SMILES string of the molecule is Cc1ccc(NC(=O)[C@@H](C)OC(=O)[C@H](C)Oc2ccc(Cl)cc2)cc1Cl. The number of esters is 1. The van der Waals surface area contributed by atoms with Gasteiger partial charge < -0.3 is 14.8 Å². The van der Waals surface area contributed by atoms with Crippen LogP contribution in [-0.2, 0) is 14.3 Å². The first kappa shape index (κ1) is 20.1. The van der Waals surface area contributed by atoms with E-state index in [4.69, 9.17) is 32.7 Å². The van der Waals surface area contributed by atoms with Gasteiger partial charge in [0.05, 0.1) is 0 Å². The van der Waals surface area contributed by atoms with Gasteiger partial charge in [-0.2, -0.15) is 0 Å². The first-order chi connectivity index (χ1) is 12.3. The van der Waals surface area contributed by atoms with E-state index in [2.05, 4.69) is 5.32 Å². The molecule has 138 valence electrons. The van der Waals surface area contributed by atoms with E-state index in [1.165, 1.54) is 6.92 Å². The number of halogens is 2. The Bertz CT molecular complexity index is 793. The standard InChI is InChI=1S/C19H19Cl2NO4/c1-11-4-7-15(10-17(11)21)22-18(23)12(2)26-19(24)13(3)25-16-8-5-14(20)6-9-16/h4-10,12-13H,1-3H3,(H,22,23)/t12-,13+/m1/s1. The van der Waals surface area contributed by atoms with Crippen molar-refractivity contribution in [2.24, 2.45) is 0 Å². The Balaban J connectivity index is 1.89. The van der Waals surface area contributed by atoms with E-state index < -0.39 is 24.1 Å². The second-order valence-electron chi connectivity index (χ2n) is 5.75. The van der Waals surface area contributed by atoms with E-state index in [0.717, 1.165) is 5.56 Å². The predicted molar refractivity (Wildman–Crippen MR) is 102 cm³/mol. The largest absolute Gasteiger partial charge is 0.479 e. The Morgan fingerprint density at radius 2 is 1.65 bits per heavy atom. The minimum absolute atomic E-state index is 0.461. The van der Waals surface area contributed by atoms with Crippen LogP contribution in [0.2, 0.25) is 10.0 Å². The maximum atomic E-state index is 12.2. The van der Waals surface area contributed by atoms with Gasteiger partial charge in [-0.1, -0.05) is 29.3 Å². The Morgan fingerprint density at radius 3 is 2.27 bits per heavy atom. The normalized spacial score (nSPS) is 12.8. The molecular weight excluding hydrogens is 377 g/mol. The highest BCUT2D eigenvalue weighted by molar-refractivity contribution is 6.31. The van der Waals surface area contributed by atoms with Crippen molar-refractivity contribution in [2.75, 3.05) is 5.32 Å². The number of nitrogens with one attached hydrogen (secondary N) is 1. The van der Waals surface area contributed by atoms with Crippen LogP contribution in [0.4, 0.5) is 5.69 Å². The van der Waals surface area contributed by atoms with Crippen molar-refractivity contribution < 1.29 is 19.1 Å². The highest BCUT2D eigenvalue weighted by Crippen LogP contribution is 2.20. The van der Waals surface area contributed by atoms with Gasteiger partial charge in [0.2, 0.25) is 0 Å². The number of aryl methyl sites for hydroxylation is 1. The maximum Gasteiger partial charge on any atom is 0.347 e. The molecule has 1 amide bonds. The summed E-state index contributed by atoms with van der Waals surface area (Å²) in [5.41, 5.74) is 1.43. The molecule has 5 nitrogen and oxygen atoms in total. The van der Waals surface area contributed by atoms with Gasteiger partial charge in [0.15, 0.2) is 12.2 Å². The summed E-state index contributed by atoms with van der Waals surface area (Å²) < 4.78 is 10.6. The topological polar surface area (TPSA) is 64.6 Å². The Kier molecular flexibility index (Phi) is 6.89. The van der Waals surface area contributed by atoms with Crippen LogP contribution in [0, 0.1) is 6.92 Å². The van der Waals surface area contributed by atoms with Crippen LogP contribution in [0.3, 0.4) is 0 Å². The summed E-state index contributed by atoms with van der Waals surface area (Å²) >= 11 is 11.8. The monoisotopic (exact) mass is 395 g/mol. The number of anilines is 1. The lowest BCUT2D eigenvalue weighted by atomic mass is 10.2. The minimum Gasteiger partial charge on any atom is -0.479 e. The van der Waals surface area contributed by atoms with Crippen LogP contribution in [0.15, 0.2) is 42.5 Å². The molecule has 2 aromatic rings. The van der Waals surface area contributed by atoms with Crippen molar-refractivity contribution in [3.63, 3.8) is 0 Å². The fourth-order valence-corrected chi connectivity index (χ4v) is 2.31. The summed E-state index contributed by atoms with van der Waals surface area (Å²) in [6.07, 6.45) is -1.86. The second-order valence-corrected chi connectivity index (χ2v) is 6.59. The number of ether oxygens (including phenoxy) is 2. The Morgan fingerprint density at radius 1 is 1.00 bits per heavy atom. The molecular formula is C19H19Cl2NO4. The first-order valence-electron chi connectivity index (χ1n) is 7.96. The molecule has 0 aliphatic heterocycles. The van der Waals surface area contributed by atoms with Crippen LogP contribution in [0.5, 0.6) is 5.75 Å². The fourth-order valence-electron chi connectivity index (χ4n) is 2.00. The van der Waals surface area contributed by atoms with Crippen LogP contribution in [0.25, 0.3) is 0 Å². The van der Waals surface area contributed by atoms with E-state index in [9.17, 15) is 9.59 Å². The van der Waals surface area contributed by atoms with Gasteiger partial charge in [0.25, 0.3) is 5.91 Å². The zero-order valence-corrected chi connectivity index (χ0v) is 16.1. The average Bonchev–Trinajstić information content (AvgIpc) is 2.60. The summed E-state index contributed by atoms with van der Waals surface area (Å²) in [6, 6.07) is 11.7. The molecule has 0 saturated heterocycles. The van der Waals surface area contributed by atoms with E-state index in [-0.39, 0.29) is 0 Å². The van der Waals surface area contributed by atoms with Crippen LogP contribution < -0.4 is 10.1 Å². The Labute approximate surface area is 162 Å². The van der Waals surface area contributed by atoms with Gasteiger partial charge in [-0.3, -0.25) is 4.79 Å². The quantitative estimate of drug-likeness (QED) is 0.723. The summed E-state index contributed by atoms with van der Waals surface area (Å²) in [6.45, 7) is 4.89. The summed E-state index contributed by atoms with van der Waals surface area (Å²) in [5.74, 6) is -0.633. The molecule has 0 fully saturated rings. The average molecular weight is 396 g/mol. The summed E-state index contributed by atoms with van der Waals surface area (Å²) in [4.78, 5) is 24.3. The Hall–Kier alpha value is -2.24. The van der Waals surface area contributed by atoms with Crippen molar-refractivity contribution >= 4 is 40.8 Å². The molecule has 0 spiro atoms. The zero-order chi connectivity index (χ0) is 19.3. The number of amides is 1. The van der Waals surface area contributed by atoms with Crippen LogP contribution >= 0.6 is 23.2 Å². The van der Waals surface area contributed by atoms with Crippen molar-refractivity contribution in [1.82, 2.24) is 0 Å². The van der Waals surface area contributed by atoms with E-state index in [1.54, 1.807) is 49.4 Å². The fraction of sp³-hybridized carbons (Fsp3) is 0.263. The molecule has 2 rings (SSSR count). The summed E-state index contributed by atoms with van der Waals surface area (Å²) in [7, 11) is 0. The molecule has 0 heterocycles. The molecule has 7 heteroatoms. The molecule has 0 bridgehead atoms. The molecule has 26 heavy (non-hydrogen) atoms. The highest BCUT2D eigenvalue weighted by atomic mass is 35.5. The third kappa shape index (κ3) is 5.64. The predicted octanol–water partition coefficient (Wildman–Crippen LogP) is 4.64. The lowest BCUT2D eigenvalue weighted by molar-refractivity contribution is -0.159. The molecule has 0 unspecified atom stereocenters. The lowest BCUT2D eigenvalue weighted by Gasteiger charge is -2.18. The molecule has 2 atom stereocenters. The van der Waals surface area contributed by atoms with Crippen molar-refractivity contribution in [2.45, 2.75) is 33.0 Å². The second kappa shape index (κ2) is 8.92. The number of benzene rings is 2. The number of hydrogen-bond acceptors (Lipinski definition) is 4. The minimum atomic E-state index is -0.987. The van der Waals surface area contributed by atoms with Gasteiger partial charge in [-0.15, -0.1) is 0 Å². The van der Waals surface area contributed by atoms with E-state index >= 15 is 0 Å². The first-order valence-corrected chi connectivity index (χ1v) is 8.71.